The third-order valence-corrected chi connectivity index (χ3v) is 3.11. The van der Waals surface area contributed by atoms with E-state index < -0.39 is 11.7 Å². The number of halogens is 3. The number of aromatic nitrogens is 2. The van der Waals surface area contributed by atoms with Crippen LogP contribution < -0.4 is 5.32 Å². The van der Waals surface area contributed by atoms with E-state index in [1.54, 1.807) is 0 Å². The number of nitrogens with one attached hydrogen (secondary N) is 1. The first-order valence-electron chi connectivity index (χ1n) is 6.66. The van der Waals surface area contributed by atoms with Crippen molar-refractivity contribution in [2.45, 2.75) is 26.4 Å². The van der Waals surface area contributed by atoms with Crippen molar-refractivity contribution >= 4 is 5.82 Å². The van der Waals surface area contributed by atoms with Crippen molar-refractivity contribution in [1.82, 2.24) is 9.97 Å². The van der Waals surface area contributed by atoms with Crippen LogP contribution in [-0.2, 0) is 6.18 Å². The summed E-state index contributed by atoms with van der Waals surface area (Å²) in [6, 6.07) is 5.00. The number of anilines is 1. The second kappa shape index (κ2) is 6.11. The quantitative estimate of drug-likeness (QED) is 0.914. The van der Waals surface area contributed by atoms with Crippen LogP contribution in [0.3, 0.4) is 0 Å². The van der Waals surface area contributed by atoms with E-state index in [0.29, 0.717) is 17.1 Å². The molecule has 0 bridgehead atoms. The number of alkyl halides is 3. The molecule has 0 fully saturated rings. The average Bonchev–Trinajstić information content (AvgIpc) is 2.45. The highest BCUT2D eigenvalue weighted by Gasteiger charge is 2.30. The molecule has 0 aliphatic heterocycles. The molecule has 0 saturated heterocycles. The van der Waals surface area contributed by atoms with Crippen LogP contribution in [0.1, 0.15) is 24.5 Å². The van der Waals surface area contributed by atoms with Crippen molar-refractivity contribution in [3.63, 3.8) is 0 Å². The van der Waals surface area contributed by atoms with Crippen LogP contribution in [0.25, 0.3) is 11.3 Å². The van der Waals surface area contributed by atoms with Crippen LogP contribution in [0.2, 0.25) is 0 Å². The summed E-state index contributed by atoms with van der Waals surface area (Å²) in [5.74, 6) is 0.710. The highest BCUT2D eigenvalue weighted by atomic mass is 19.4. The van der Waals surface area contributed by atoms with Crippen molar-refractivity contribution < 1.29 is 13.2 Å². The fraction of sp³-hybridized carbons (Fsp3) is 0.333. The SMILES string of the molecule is CCCNc1ncnc(-c2ccc(C(F)(F)F)cc2)c1C. The Bertz CT molecular complexity index is 607. The van der Waals surface area contributed by atoms with Crippen molar-refractivity contribution in [2.24, 2.45) is 0 Å². The Hall–Kier alpha value is -2.11. The van der Waals surface area contributed by atoms with Crippen molar-refractivity contribution in [3.8, 4) is 11.3 Å². The van der Waals surface area contributed by atoms with E-state index in [9.17, 15) is 13.2 Å². The van der Waals surface area contributed by atoms with E-state index in [4.69, 9.17) is 0 Å². The largest absolute Gasteiger partial charge is 0.416 e. The smallest absolute Gasteiger partial charge is 0.370 e. The summed E-state index contributed by atoms with van der Waals surface area (Å²) in [4.78, 5) is 8.33. The summed E-state index contributed by atoms with van der Waals surface area (Å²) in [7, 11) is 0. The summed E-state index contributed by atoms with van der Waals surface area (Å²) >= 11 is 0. The summed E-state index contributed by atoms with van der Waals surface area (Å²) in [6.07, 6.45) is -1.95. The Morgan fingerprint density at radius 3 is 2.33 bits per heavy atom. The molecule has 2 aromatic rings. The van der Waals surface area contributed by atoms with Gasteiger partial charge < -0.3 is 5.32 Å². The molecular formula is C15H16F3N3. The van der Waals surface area contributed by atoms with Gasteiger partial charge in [-0.15, -0.1) is 0 Å². The molecule has 0 amide bonds. The molecule has 1 aromatic carbocycles. The molecule has 6 heteroatoms. The van der Waals surface area contributed by atoms with Crippen LogP contribution in [0.4, 0.5) is 19.0 Å². The van der Waals surface area contributed by atoms with Crippen molar-refractivity contribution in [3.05, 3.63) is 41.7 Å². The van der Waals surface area contributed by atoms with E-state index in [-0.39, 0.29) is 0 Å². The Kier molecular flexibility index (Phi) is 4.45. The van der Waals surface area contributed by atoms with E-state index in [2.05, 4.69) is 15.3 Å². The summed E-state index contributed by atoms with van der Waals surface area (Å²) < 4.78 is 37.7. The van der Waals surface area contributed by atoms with Crippen LogP contribution in [-0.4, -0.2) is 16.5 Å². The molecule has 1 aromatic heterocycles. The van der Waals surface area contributed by atoms with Crippen LogP contribution >= 0.6 is 0 Å². The third-order valence-electron chi connectivity index (χ3n) is 3.11. The van der Waals surface area contributed by atoms with Crippen LogP contribution in [0.5, 0.6) is 0 Å². The third kappa shape index (κ3) is 3.51. The fourth-order valence-corrected chi connectivity index (χ4v) is 1.98. The molecule has 1 heterocycles. The second-order valence-electron chi connectivity index (χ2n) is 4.70. The van der Waals surface area contributed by atoms with Gasteiger partial charge in [0.25, 0.3) is 0 Å². The number of benzene rings is 1. The lowest BCUT2D eigenvalue weighted by molar-refractivity contribution is -0.137. The normalized spacial score (nSPS) is 11.5. The van der Waals surface area contributed by atoms with E-state index in [1.807, 2.05) is 13.8 Å². The van der Waals surface area contributed by atoms with Gasteiger partial charge in [0.1, 0.15) is 12.1 Å². The molecule has 0 aliphatic rings. The van der Waals surface area contributed by atoms with Crippen LogP contribution in [0, 0.1) is 6.92 Å². The van der Waals surface area contributed by atoms with Crippen molar-refractivity contribution in [2.75, 3.05) is 11.9 Å². The Morgan fingerprint density at radius 1 is 1.10 bits per heavy atom. The number of hydrogen-bond acceptors (Lipinski definition) is 3. The Morgan fingerprint density at radius 2 is 1.76 bits per heavy atom. The minimum absolute atomic E-state index is 0.636. The molecule has 1 N–H and O–H groups in total. The molecule has 0 spiro atoms. The molecule has 0 aliphatic carbocycles. The molecule has 0 unspecified atom stereocenters. The Labute approximate surface area is 121 Å². The maximum atomic E-state index is 12.6. The number of nitrogens with zero attached hydrogens (tertiary/aromatic N) is 2. The Balaban J connectivity index is 2.34. The molecule has 0 radical (unpaired) electrons. The first kappa shape index (κ1) is 15.3. The predicted octanol–water partition coefficient (Wildman–Crippen LogP) is 4.29. The van der Waals surface area contributed by atoms with Gasteiger partial charge in [0, 0.05) is 17.7 Å². The second-order valence-corrected chi connectivity index (χ2v) is 4.70. The van der Waals surface area contributed by atoms with Gasteiger partial charge in [-0.05, 0) is 25.5 Å². The predicted molar refractivity (Wildman–Crippen MR) is 76.0 cm³/mol. The lowest BCUT2D eigenvalue weighted by Crippen LogP contribution is -2.06. The highest BCUT2D eigenvalue weighted by molar-refractivity contribution is 5.68. The number of rotatable bonds is 4. The molecule has 3 nitrogen and oxygen atoms in total. The zero-order valence-electron chi connectivity index (χ0n) is 11.8. The molecule has 0 atom stereocenters. The van der Waals surface area contributed by atoms with Gasteiger partial charge in [0.15, 0.2) is 0 Å². The maximum Gasteiger partial charge on any atom is 0.416 e. The van der Waals surface area contributed by atoms with Gasteiger partial charge in [-0.3, -0.25) is 0 Å². The van der Waals surface area contributed by atoms with Gasteiger partial charge in [-0.2, -0.15) is 13.2 Å². The first-order valence-corrected chi connectivity index (χ1v) is 6.66. The zero-order chi connectivity index (χ0) is 15.5. The topological polar surface area (TPSA) is 37.8 Å². The minimum atomic E-state index is -4.33. The monoisotopic (exact) mass is 295 g/mol. The molecule has 2 rings (SSSR count). The van der Waals surface area contributed by atoms with Crippen LogP contribution in [0.15, 0.2) is 30.6 Å². The maximum absolute atomic E-state index is 12.6. The summed E-state index contributed by atoms with van der Waals surface area (Å²) in [6.45, 7) is 4.68. The highest BCUT2D eigenvalue weighted by Crippen LogP contribution is 2.31. The minimum Gasteiger partial charge on any atom is -0.370 e. The van der Waals surface area contributed by atoms with Gasteiger partial charge in [-0.25, -0.2) is 9.97 Å². The molecule has 112 valence electrons. The van der Waals surface area contributed by atoms with Gasteiger partial charge in [0.2, 0.25) is 0 Å². The number of hydrogen-bond donors (Lipinski definition) is 1. The molecule has 21 heavy (non-hydrogen) atoms. The van der Waals surface area contributed by atoms with E-state index in [0.717, 1.165) is 30.7 Å². The molecular weight excluding hydrogens is 279 g/mol. The standard InChI is InChI=1S/C15H16F3N3/c1-3-8-19-14-10(2)13(20-9-21-14)11-4-6-12(7-5-11)15(16,17)18/h4-7,9H,3,8H2,1-2H3,(H,19,20,21). The first-order chi connectivity index (χ1) is 9.93. The molecule has 0 saturated carbocycles. The van der Waals surface area contributed by atoms with E-state index >= 15 is 0 Å². The summed E-state index contributed by atoms with van der Waals surface area (Å²) in [5, 5.41) is 3.18. The fourth-order valence-electron chi connectivity index (χ4n) is 1.98. The van der Waals surface area contributed by atoms with Gasteiger partial charge >= 0.3 is 6.18 Å². The lowest BCUT2D eigenvalue weighted by atomic mass is 10.1. The summed E-state index contributed by atoms with van der Waals surface area (Å²) in [5.41, 5.74) is 1.44. The lowest BCUT2D eigenvalue weighted by Gasteiger charge is -2.12. The van der Waals surface area contributed by atoms with E-state index in [1.165, 1.54) is 18.5 Å². The van der Waals surface area contributed by atoms with Crippen molar-refractivity contribution in [1.29, 1.82) is 0 Å². The van der Waals surface area contributed by atoms with Gasteiger partial charge in [0.05, 0.1) is 11.3 Å². The van der Waals surface area contributed by atoms with Gasteiger partial charge in [-0.1, -0.05) is 19.1 Å². The zero-order valence-corrected chi connectivity index (χ0v) is 11.8. The average molecular weight is 295 g/mol.